The first-order valence-electron chi connectivity index (χ1n) is 24.6. The highest BCUT2D eigenvalue weighted by Gasteiger charge is 2.24. The second kappa shape index (κ2) is 44.4. The van der Waals surface area contributed by atoms with Crippen molar-refractivity contribution in [2.75, 3.05) is 6.61 Å². The molecule has 1 amide bonds. The molecule has 0 aliphatic carbocycles. The summed E-state index contributed by atoms with van der Waals surface area (Å²) in [6.07, 6.45) is 49.5. The van der Waals surface area contributed by atoms with Crippen molar-refractivity contribution in [3.63, 3.8) is 0 Å². The number of nitrogens with one attached hydrogen (secondary N) is 1. The van der Waals surface area contributed by atoms with Gasteiger partial charge in [0.05, 0.1) is 25.2 Å². The predicted octanol–water partition coefficient (Wildman–Crippen LogP) is 14.3. The van der Waals surface area contributed by atoms with Gasteiger partial charge in [0.2, 0.25) is 5.91 Å². The van der Waals surface area contributed by atoms with Gasteiger partial charge in [-0.1, -0.05) is 225 Å². The van der Waals surface area contributed by atoms with Crippen LogP contribution in [-0.2, 0) is 14.3 Å². The van der Waals surface area contributed by atoms with Crippen LogP contribution in [0.3, 0.4) is 0 Å². The van der Waals surface area contributed by atoms with E-state index in [4.69, 9.17) is 4.74 Å². The molecule has 0 aliphatic rings. The van der Waals surface area contributed by atoms with E-state index in [1.165, 1.54) is 154 Å². The smallest absolute Gasteiger partial charge is 0.306 e. The molecule has 0 aliphatic heterocycles. The molecule has 56 heavy (non-hydrogen) atoms. The summed E-state index contributed by atoms with van der Waals surface area (Å²) in [6, 6.07) is -0.709. The number of allylic oxidation sites excluding steroid dienone is 4. The zero-order valence-electron chi connectivity index (χ0n) is 37.5. The zero-order chi connectivity index (χ0) is 41.0. The second-order valence-electron chi connectivity index (χ2n) is 16.9. The van der Waals surface area contributed by atoms with Crippen LogP contribution >= 0.6 is 0 Å². The van der Waals surface area contributed by atoms with Crippen LogP contribution in [0.25, 0.3) is 0 Å². The number of carbonyl (C=O) groups excluding carboxylic acids is 2. The molecule has 0 aromatic heterocycles. The third-order valence-electron chi connectivity index (χ3n) is 11.3. The first-order chi connectivity index (χ1) is 27.5. The fourth-order valence-corrected chi connectivity index (χ4v) is 7.54. The first kappa shape index (κ1) is 54.3. The van der Waals surface area contributed by atoms with Gasteiger partial charge in [-0.25, -0.2) is 0 Å². The van der Waals surface area contributed by atoms with E-state index in [9.17, 15) is 19.8 Å². The van der Waals surface area contributed by atoms with Gasteiger partial charge >= 0.3 is 5.97 Å². The second-order valence-corrected chi connectivity index (χ2v) is 16.9. The number of rotatable bonds is 44. The quantitative estimate of drug-likeness (QED) is 0.0324. The Kier molecular flexibility index (Phi) is 43.1. The highest BCUT2D eigenvalue weighted by Crippen LogP contribution is 2.17. The van der Waals surface area contributed by atoms with Gasteiger partial charge < -0.3 is 20.3 Å². The summed E-state index contributed by atoms with van der Waals surface area (Å²) in [6.45, 7) is 6.46. The average molecular weight is 790 g/mol. The van der Waals surface area contributed by atoms with Crippen LogP contribution < -0.4 is 5.32 Å². The molecule has 0 fully saturated rings. The third kappa shape index (κ3) is 39.2. The Morgan fingerprint density at radius 1 is 0.518 bits per heavy atom. The lowest BCUT2D eigenvalue weighted by atomic mass is 10.0. The van der Waals surface area contributed by atoms with Gasteiger partial charge in [-0.05, 0) is 44.9 Å². The molecule has 330 valence electrons. The van der Waals surface area contributed by atoms with Crippen LogP contribution in [0.4, 0.5) is 0 Å². The monoisotopic (exact) mass is 790 g/mol. The van der Waals surface area contributed by atoms with Crippen molar-refractivity contribution < 1.29 is 24.5 Å². The number of esters is 1. The summed E-state index contributed by atoms with van der Waals surface area (Å²) in [4.78, 5) is 26.0. The molecule has 3 atom stereocenters. The molecule has 0 radical (unpaired) electrons. The van der Waals surface area contributed by atoms with Gasteiger partial charge in [0, 0.05) is 6.42 Å². The molecule has 0 bridgehead atoms. The van der Waals surface area contributed by atoms with Crippen LogP contribution in [-0.4, -0.2) is 46.9 Å². The predicted molar refractivity (Wildman–Crippen MR) is 241 cm³/mol. The van der Waals surface area contributed by atoms with Crippen molar-refractivity contribution in [3.05, 3.63) is 24.3 Å². The summed E-state index contributed by atoms with van der Waals surface area (Å²) in [5, 5.41) is 23.7. The van der Waals surface area contributed by atoms with Gasteiger partial charge in [-0.2, -0.15) is 0 Å². The summed E-state index contributed by atoms with van der Waals surface area (Å²) in [5.41, 5.74) is 0. The third-order valence-corrected chi connectivity index (χ3v) is 11.3. The molecule has 6 heteroatoms. The topological polar surface area (TPSA) is 95.9 Å². The Balaban J connectivity index is 4.64. The molecule has 0 aromatic carbocycles. The van der Waals surface area contributed by atoms with Gasteiger partial charge in [0.1, 0.15) is 6.10 Å². The number of amides is 1. The van der Waals surface area contributed by atoms with E-state index < -0.39 is 18.2 Å². The normalized spacial score (nSPS) is 13.4. The van der Waals surface area contributed by atoms with Crippen molar-refractivity contribution in [1.82, 2.24) is 5.32 Å². The standard InChI is InChI=1S/C50H95NO5/c1-4-7-10-13-16-19-22-24-25-27-29-32-35-38-41-46(56-50(55)43-40-37-34-31-28-23-20-17-14-11-8-5-2)44-49(54)51-47(45-52)48(53)42-39-36-33-30-26-21-18-15-12-9-6-3/h25,27,29,32,46-48,52-53H,4-24,26,28,30-31,33-45H2,1-3H3,(H,51,54)/b27-25+,32-29+. The summed E-state index contributed by atoms with van der Waals surface area (Å²) >= 11 is 0. The van der Waals surface area contributed by atoms with E-state index in [2.05, 4.69) is 50.4 Å². The van der Waals surface area contributed by atoms with E-state index in [1.54, 1.807) is 0 Å². The minimum Gasteiger partial charge on any atom is -0.462 e. The van der Waals surface area contributed by atoms with Crippen molar-refractivity contribution in [2.45, 2.75) is 277 Å². The minimum absolute atomic E-state index is 0.0495. The molecule has 0 rings (SSSR count). The lowest BCUT2D eigenvalue weighted by Crippen LogP contribution is -2.46. The van der Waals surface area contributed by atoms with Crippen molar-refractivity contribution >= 4 is 11.9 Å². The Morgan fingerprint density at radius 3 is 1.36 bits per heavy atom. The van der Waals surface area contributed by atoms with Gasteiger partial charge in [0.25, 0.3) is 0 Å². The fourth-order valence-electron chi connectivity index (χ4n) is 7.54. The van der Waals surface area contributed by atoms with Crippen LogP contribution in [0.5, 0.6) is 0 Å². The maximum atomic E-state index is 13.1. The van der Waals surface area contributed by atoms with Crippen molar-refractivity contribution in [1.29, 1.82) is 0 Å². The Hall–Kier alpha value is -1.66. The number of aliphatic hydroxyl groups is 2. The molecular weight excluding hydrogens is 695 g/mol. The first-order valence-corrected chi connectivity index (χ1v) is 24.6. The van der Waals surface area contributed by atoms with E-state index in [0.29, 0.717) is 19.3 Å². The summed E-state index contributed by atoms with van der Waals surface area (Å²) in [7, 11) is 0. The van der Waals surface area contributed by atoms with Crippen LogP contribution in [0.1, 0.15) is 258 Å². The molecule has 3 N–H and O–H groups in total. The molecule has 0 saturated heterocycles. The largest absolute Gasteiger partial charge is 0.462 e. The highest BCUT2D eigenvalue weighted by molar-refractivity contribution is 5.77. The number of ether oxygens (including phenoxy) is 1. The molecule has 0 spiro atoms. The van der Waals surface area contributed by atoms with E-state index in [1.807, 2.05) is 0 Å². The summed E-state index contributed by atoms with van der Waals surface area (Å²) < 4.78 is 5.89. The van der Waals surface area contributed by atoms with Crippen LogP contribution in [0.2, 0.25) is 0 Å². The Labute approximate surface area is 348 Å². The lowest BCUT2D eigenvalue weighted by Gasteiger charge is -2.24. The number of hydrogen-bond acceptors (Lipinski definition) is 5. The van der Waals surface area contributed by atoms with E-state index in [0.717, 1.165) is 57.8 Å². The number of carbonyl (C=O) groups is 2. The van der Waals surface area contributed by atoms with Gasteiger partial charge in [-0.3, -0.25) is 9.59 Å². The maximum absolute atomic E-state index is 13.1. The number of aliphatic hydroxyl groups excluding tert-OH is 2. The van der Waals surface area contributed by atoms with Crippen molar-refractivity contribution in [2.24, 2.45) is 0 Å². The average Bonchev–Trinajstić information content (AvgIpc) is 3.19. The van der Waals surface area contributed by atoms with Crippen LogP contribution in [0, 0.1) is 0 Å². The SMILES string of the molecule is CCCCCCCCC/C=C/C=C/CCCC(CC(=O)NC(CO)C(O)CCCCCCCCCCCCC)OC(=O)CCCCCCCCCCCCCC. The minimum atomic E-state index is -0.793. The van der Waals surface area contributed by atoms with Crippen molar-refractivity contribution in [3.8, 4) is 0 Å². The maximum Gasteiger partial charge on any atom is 0.306 e. The number of hydrogen-bond donors (Lipinski definition) is 3. The lowest BCUT2D eigenvalue weighted by molar-refractivity contribution is -0.151. The van der Waals surface area contributed by atoms with E-state index in [-0.39, 0.29) is 24.9 Å². The molecule has 3 unspecified atom stereocenters. The van der Waals surface area contributed by atoms with Gasteiger partial charge in [0.15, 0.2) is 0 Å². The fraction of sp³-hybridized carbons (Fsp3) is 0.880. The Morgan fingerprint density at radius 2 is 0.911 bits per heavy atom. The zero-order valence-corrected chi connectivity index (χ0v) is 37.5. The molecular formula is C50H95NO5. The molecule has 6 nitrogen and oxygen atoms in total. The highest BCUT2D eigenvalue weighted by atomic mass is 16.5. The summed E-state index contributed by atoms with van der Waals surface area (Å²) in [5.74, 6) is -0.511. The van der Waals surface area contributed by atoms with E-state index >= 15 is 0 Å². The molecule has 0 aromatic rings. The van der Waals surface area contributed by atoms with Crippen LogP contribution in [0.15, 0.2) is 24.3 Å². The molecule has 0 saturated carbocycles. The van der Waals surface area contributed by atoms with Gasteiger partial charge in [-0.15, -0.1) is 0 Å². The number of unbranched alkanes of at least 4 members (excludes halogenated alkanes) is 29. The Bertz CT molecular complexity index is 889. The molecule has 0 heterocycles.